The van der Waals surface area contributed by atoms with Crippen molar-refractivity contribution < 1.29 is 30.3 Å². The van der Waals surface area contributed by atoms with E-state index in [0.717, 1.165) is 0 Å². The lowest BCUT2D eigenvalue weighted by Gasteiger charge is -2.35. The number of phenols is 1. The SMILES string of the molecule is O=S(=O)(OS1(c2cccc3cc(O)ccc23)CCCC1)C(F)(F)F. The van der Waals surface area contributed by atoms with E-state index in [2.05, 4.69) is 0 Å². The number of aromatic hydroxyl groups is 1. The van der Waals surface area contributed by atoms with Gasteiger partial charge in [0.2, 0.25) is 0 Å². The van der Waals surface area contributed by atoms with Crippen LogP contribution < -0.4 is 0 Å². The number of alkyl halides is 3. The Morgan fingerprint density at radius 1 is 1.08 bits per heavy atom. The molecule has 0 aromatic heterocycles. The number of rotatable bonds is 3. The molecule has 0 radical (unpaired) electrons. The van der Waals surface area contributed by atoms with Crippen LogP contribution in [0.15, 0.2) is 41.3 Å². The highest BCUT2D eigenvalue weighted by atomic mass is 32.3. The number of hydrogen-bond donors (Lipinski definition) is 1. The molecular weight excluding hydrogens is 365 g/mol. The van der Waals surface area contributed by atoms with E-state index in [1.807, 2.05) is 0 Å². The van der Waals surface area contributed by atoms with Gasteiger partial charge >= 0.3 is 15.6 Å². The third-order valence-electron chi connectivity index (χ3n) is 3.93. The summed E-state index contributed by atoms with van der Waals surface area (Å²) in [5.74, 6) is 0.559. The number of benzene rings is 2. The van der Waals surface area contributed by atoms with E-state index in [1.165, 1.54) is 12.1 Å². The lowest BCUT2D eigenvalue weighted by molar-refractivity contribution is -0.0496. The van der Waals surface area contributed by atoms with E-state index in [-0.39, 0.29) is 17.3 Å². The standard InChI is InChI=1S/C15H15F3O4S2/c16-15(17,18)24(20,21)22-23(8-1-2-9-23)14-5-3-4-11-10-12(19)6-7-13(11)14/h3-7,10,19H,1-2,8-9H2. The van der Waals surface area contributed by atoms with E-state index in [9.17, 15) is 26.7 Å². The zero-order valence-corrected chi connectivity index (χ0v) is 14.0. The Morgan fingerprint density at radius 3 is 2.38 bits per heavy atom. The fourth-order valence-corrected chi connectivity index (χ4v) is 8.29. The van der Waals surface area contributed by atoms with E-state index in [4.69, 9.17) is 3.63 Å². The molecule has 1 heterocycles. The highest BCUT2D eigenvalue weighted by Gasteiger charge is 2.52. The quantitative estimate of drug-likeness (QED) is 0.807. The maximum absolute atomic E-state index is 12.8. The maximum Gasteiger partial charge on any atom is 0.523 e. The van der Waals surface area contributed by atoms with Crippen molar-refractivity contribution >= 4 is 31.2 Å². The number of phenolic OH excluding ortho intramolecular Hbond substituents is 1. The van der Waals surface area contributed by atoms with Crippen molar-refractivity contribution in [3.8, 4) is 5.75 Å². The largest absolute Gasteiger partial charge is 0.523 e. The van der Waals surface area contributed by atoms with Crippen LogP contribution in [0.3, 0.4) is 0 Å². The summed E-state index contributed by atoms with van der Waals surface area (Å²) < 4.78 is 66.5. The molecule has 0 bridgehead atoms. The van der Waals surface area contributed by atoms with Gasteiger partial charge in [-0.1, -0.05) is 22.4 Å². The first-order chi connectivity index (χ1) is 11.1. The Hall–Kier alpha value is -1.45. The van der Waals surface area contributed by atoms with Gasteiger partial charge in [0, 0.05) is 16.4 Å². The van der Waals surface area contributed by atoms with Gasteiger partial charge in [0.1, 0.15) is 5.75 Å². The molecule has 1 saturated heterocycles. The predicted octanol–water partition coefficient (Wildman–Crippen LogP) is 4.28. The summed E-state index contributed by atoms with van der Waals surface area (Å²) in [6.07, 6.45) is 1.22. The van der Waals surface area contributed by atoms with Gasteiger partial charge in [-0.05, 0) is 47.9 Å². The van der Waals surface area contributed by atoms with Crippen molar-refractivity contribution in [2.75, 3.05) is 11.5 Å². The Morgan fingerprint density at radius 2 is 1.75 bits per heavy atom. The molecule has 0 aliphatic carbocycles. The topological polar surface area (TPSA) is 63.6 Å². The summed E-state index contributed by atoms with van der Waals surface area (Å²) in [4.78, 5) is 0.477. The Balaban J connectivity index is 2.16. The number of fused-ring (bicyclic) bond motifs is 1. The van der Waals surface area contributed by atoms with Crippen molar-refractivity contribution in [2.24, 2.45) is 0 Å². The van der Waals surface area contributed by atoms with Crippen LogP contribution in [0.5, 0.6) is 5.75 Å². The van der Waals surface area contributed by atoms with Crippen molar-refractivity contribution in [1.82, 2.24) is 0 Å². The second kappa shape index (κ2) is 5.82. The van der Waals surface area contributed by atoms with Crippen LogP contribution in [0.25, 0.3) is 10.8 Å². The Kier molecular flexibility index (Phi) is 4.21. The molecule has 0 saturated carbocycles. The molecule has 132 valence electrons. The van der Waals surface area contributed by atoms with Crippen LogP contribution >= 0.6 is 10.3 Å². The number of hydrogen-bond acceptors (Lipinski definition) is 4. The summed E-state index contributed by atoms with van der Waals surface area (Å²) >= 11 is 0. The smallest absolute Gasteiger partial charge is 0.508 e. The van der Waals surface area contributed by atoms with Crippen LogP contribution in [0.1, 0.15) is 12.8 Å². The molecule has 0 atom stereocenters. The lowest BCUT2D eigenvalue weighted by Crippen LogP contribution is -2.27. The predicted molar refractivity (Wildman–Crippen MR) is 86.5 cm³/mol. The molecule has 1 aliphatic heterocycles. The molecule has 3 rings (SSSR count). The van der Waals surface area contributed by atoms with Crippen molar-refractivity contribution in [3.63, 3.8) is 0 Å². The third kappa shape index (κ3) is 2.96. The molecule has 0 amide bonds. The van der Waals surface area contributed by atoms with Gasteiger partial charge in [0.15, 0.2) is 0 Å². The first-order valence-corrected chi connectivity index (χ1v) is 10.5. The zero-order chi connectivity index (χ0) is 17.6. The molecule has 0 unspecified atom stereocenters. The minimum Gasteiger partial charge on any atom is -0.508 e. The monoisotopic (exact) mass is 380 g/mol. The van der Waals surface area contributed by atoms with Gasteiger partial charge in [0.05, 0.1) is 0 Å². The molecular formula is C15H15F3O4S2. The normalized spacial score (nSPS) is 19.5. The third-order valence-corrected chi connectivity index (χ3v) is 9.31. The second-order valence-electron chi connectivity index (χ2n) is 5.56. The zero-order valence-electron chi connectivity index (χ0n) is 12.4. The minimum absolute atomic E-state index is 0.0268. The average Bonchev–Trinajstić information content (AvgIpc) is 2.94. The highest BCUT2D eigenvalue weighted by molar-refractivity contribution is 8.33. The fraction of sp³-hybridized carbons (Fsp3) is 0.333. The molecule has 9 heteroatoms. The van der Waals surface area contributed by atoms with Gasteiger partial charge in [0.25, 0.3) is 0 Å². The van der Waals surface area contributed by atoms with Gasteiger partial charge in [-0.25, -0.2) is 3.63 Å². The molecule has 1 aliphatic rings. The summed E-state index contributed by atoms with van der Waals surface area (Å²) in [7, 11) is -8.29. The van der Waals surface area contributed by atoms with Gasteiger partial charge < -0.3 is 5.11 Å². The first-order valence-electron chi connectivity index (χ1n) is 7.17. The maximum atomic E-state index is 12.8. The van der Waals surface area contributed by atoms with Crippen molar-refractivity contribution in [1.29, 1.82) is 0 Å². The molecule has 2 aromatic rings. The van der Waals surface area contributed by atoms with E-state index in [1.54, 1.807) is 24.3 Å². The molecule has 4 nitrogen and oxygen atoms in total. The van der Waals surface area contributed by atoms with Gasteiger partial charge in [-0.15, -0.1) is 0 Å². The summed E-state index contributed by atoms with van der Waals surface area (Å²) in [6.45, 7) is 0. The second-order valence-corrected chi connectivity index (χ2v) is 10.4. The fourth-order valence-electron chi connectivity index (χ4n) is 2.87. The van der Waals surface area contributed by atoms with E-state index >= 15 is 0 Å². The number of halogens is 3. The summed E-state index contributed by atoms with van der Waals surface area (Å²) in [5, 5.41) is 10.8. The van der Waals surface area contributed by atoms with E-state index < -0.39 is 25.9 Å². The van der Waals surface area contributed by atoms with Crippen molar-refractivity contribution in [3.05, 3.63) is 36.4 Å². The first kappa shape index (κ1) is 17.4. The Bertz CT molecular complexity index is 872. The molecule has 24 heavy (non-hydrogen) atoms. The molecule has 2 aromatic carbocycles. The van der Waals surface area contributed by atoms with E-state index in [0.29, 0.717) is 28.5 Å². The van der Waals surface area contributed by atoms with Crippen LogP contribution in [-0.4, -0.2) is 30.5 Å². The highest BCUT2D eigenvalue weighted by Crippen LogP contribution is 2.64. The van der Waals surface area contributed by atoms with Gasteiger partial charge in [-0.2, -0.15) is 21.6 Å². The van der Waals surface area contributed by atoms with Crippen molar-refractivity contribution in [2.45, 2.75) is 23.2 Å². The van der Waals surface area contributed by atoms with Crippen LogP contribution in [0.4, 0.5) is 13.2 Å². The lowest BCUT2D eigenvalue weighted by atomic mass is 10.1. The van der Waals surface area contributed by atoms with Crippen LogP contribution in [0, 0.1) is 0 Å². The summed E-state index contributed by atoms with van der Waals surface area (Å²) in [5.41, 5.74) is -5.45. The minimum atomic E-state index is -5.68. The Labute approximate surface area is 138 Å². The molecule has 1 fully saturated rings. The molecule has 1 N–H and O–H groups in total. The van der Waals surface area contributed by atoms with Crippen LogP contribution in [0.2, 0.25) is 0 Å². The summed E-state index contributed by atoms with van der Waals surface area (Å²) in [6, 6.07) is 9.45. The average molecular weight is 380 g/mol. The van der Waals surface area contributed by atoms with Crippen LogP contribution in [-0.2, 0) is 13.7 Å². The van der Waals surface area contributed by atoms with Gasteiger partial charge in [-0.3, -0.25) is 0 Å². The molecule has 0 spiro atoms.